The zero-order valence-electron chi connectivity index (χ0n) is 17.1. The second kappa shape index (κ2) is 10.0. The van der Waals surface area contributed by atoms with Gasteiger partial charge < -0.3 is 9.47 Å². The summed E-state index contributed by atoms with van der Waals surface area (Å²) in [7, 11) is 1.30. The lowest BCUT2D eigenvalue weighted by atomic mass is 10.0. The van der Waals surface area contributed by atoms with Crippen molar-refractivity contribution in [3.8, 4) is 0 Å². The maximum atomic E-state index is 12.2. The van der Waals surface area contributed by atoms with E-state index in [9.17, 15) is 9.59 Å². The fourth-order valence-corrected chi connectivity index (χ4v) is 4.29. The fraction of sp³-hybridized carbons (Fsp3) is 0.636. The van der Waals surface area contributed by atoms with E-state index in [4.69, 9.17) is 9.47 Å². The molecule has 0 radical (unpaired) electrons. The number of hydrogen-bond donors (Lipinski definition) is 0. The Labute approximate surface area is 167 Å². The summed E-state index contributed by atoms with van der Waals surface area (Å²) in [5.74, 6) is -1.86. The normalized spacial score (nSPS) is 21.1. The van der Waals surface area contributed by atoms with Crippen LogP contribution in [0.2, 0.25) is 0 Å². The van der Waals surface area contributed by atoms with Gasteiger partial charge in [-0.05, 0) is 43.4 Å². The summed E-state index contributed by atoms with van der Waals surface area (Å²) in [6.45, 7) is 6.69. The highest BCUT2D eigenvalue weighted by Gasteiger charge is 2.32. The van der Waals surface area contributed by atoms with Crippen LogP contribution in [0.1, 0.15) is 50.2 Å². The van der Waals surface area contributed by atoms with E-state index in [0.717, 1.165) is 25.1 Å². The molecule has 1 aromatic rings. The molecule has 2 saturated heterocycles. The summed E-state index contributed by atoms with van der Waals surface area (Å²) in [6, 6.07) is 8.24. The first-order chi connectivity index (χ1) is 13.6. The quantitative estimate of drug-likeness (QED) is 0.504. The average Bonchev–Trinajstić information content (AvgIpc) is 3.20. The van der Waals surface area contributed by atoms with Crippen molar-refractivity contribution in [1.82, 2.24) is 9.80 Å². The van der Waals surface area contributed by atoms with Crippen molar-refractivity contribution in [2.45, 2.75) is 58.3 Å². The van der Waals surface area contributed by atoms with Crippen LogP contribution >= 0.6 is 0 Å². The van der Waals surface area contributed by atoms with Crippen LogP contribution in [0.5, 0.6) is 0 Å². The Balaban J connectivity index is 1.51. The van der Waals surface area contributed by atoms with Crippen LogP contribution in [0.4, 0.5) is 0 Å². The van der Waals surface area contributed by atoms with Crippen LogP contribution in [-0.4, -0.2) is 54.6 Å². The van der Waals surface area contributed by atoms with Crippen molar-refractivity contribution in [3.63, 3.8) is 0 Å². The Morgan fingerprint density at radius 2 is 1.79 bits per heavy atom. The minimum absolute atomic E-state index is 0.177. The highest BCUT2D eigenvalue weighted by Crippen LogP contribution is 2.26. The topological polar surface area (TPSA) is 59.1 Å². The first kappa shape index (κ1) is 20.8. The Hall–Kier alpha value is -1.92. The molecular weight excluding hydrogens is 356 g/mol. The van der Waals surface area contributed by atoms with E-state index in [1.807, 2.05) is 19.1 Å². The van der Waals surface area contributed by atoms with Gasteiger partial charge in [0.25, 0.3) is 0 Å². The van der Waals surface area contributed by atoms with Crippen molar-refractivity contribution < 1.29 is 19.1 Å². The molecule has 0 aliphatic carbocycles. The van der Waals surface area contributed by atoms with Crippen LogP contribution in [0.15, 0.2) is 24.3 Å². The standard InChI is InChI=1S/C22H32N2O4/c1-3-6-19(21(25)27-2)22(26)28-16-18-10-8-17(9-11-18)15-24-14-5-13-23-12-4-7-20(23)24/h8-11,19-20H,3-7,12-16H2,1-2H3. The number of methoxy groups -OCH3 is 1. The van der Waals surface area contributed by atoms with E-state index in [1.165, 1.54) is 45.0 Å². The molecule has 2 aliphatic rings. The molecular formula is C22H32N2O4. The van der Waals surface area contributed by atoms with Crippen molar-refractivity contribution in [3.05, 3.63) is 35.4 Å². The molecule has 6 nitrogen and oxygen atoms in total. The maximum Gasteiger partial charge on any atom is 0.320 e. The minimum atomic E-state index is -0.831. The van der Waals surface area contributed by atoms with E-state index in [2.05, 4.69) is 21.9 Å². The van der Waals surface area contributed by atoms with Gasteiger partial charge in [0, 0.05) is 19.6 Å². The fourth-order valence-electron chi connectivity index (χ4n) is 4.29. The van der Waals surface area contributed by atoms with Crippen LogP contribution in [0.25, 0.3) is 0 Å². The van der Waals surface area contributed by atoms with Crippen LogP contribution < -0.4 is 0 Å². The molecule has 0 amide bonds. The second-order valence-corrected chi connectivity index (χ2v) is 7.77. The van der Waals surface area contributed by atoms with E-state index in [-0.39, 0.29) is 6.61 Å². The van der Waals surface area contributed by atoms with E-state index in [0.29, 0.717) is 12.6 Å². The summed E-state index contributed by atoms with van der Waals surface area (Å²) < 4.78 is 10.1. The Kier molecular flexibility index (Phi) is 7.45. The first-order valence-corrected chi connectivity index (χ1v) is 10.4. The molecule has 1 aromatic carbocycles. The summed E-state index contributed by atoms with van der Waals surface area (Å²) in [6.07, 6.45) is 5.58. The lowest BCUT2D eigenvalue weighted by Crippen LogP contribution is -2.49. The molecule has 3 rings (SSSR count). The Morgan fingerprint density at radius 1 is 1.07 bits per heavy atom. The van der Waals surface area contributed by atoms with Gasteiger partial charge in [-0.25, -0.2) is 0 Å². The minimum Gasteiger partial charge on any atom is -0.468 e. The lowest BCUT2D eigenvalue weighted by Gasteiger charge is -2.40. The number of rotatable bonds is 8. The average molecular weight is 389 g/mol. The summed E-state index contributed by atoms with van der Waals surface area (Å²) in [5, 5.41) is 0. The molecule has 0 saturated carbocycles. The number of ether oxygens (including phenoxy) is 2. The highest BCUT2D eigenvalue weighted by molar-refractivity contribution is 5.94. The number of fused-ring (bicyclic) bond motifs is 1. The van der Waals surface area contributed by atoms with Gasteiger partial charge in [0.15, 0.2) is 5.92 Å². The summed E-state index contributed by atoms with van der Waals surface area (Å²) in [4.78, 5) is 29.1. The van der Waals surface area contributed by atoms with Gasteiger partial charge in [0.05, 0.1) is 13.3 Å². The molecule has 6 heteroatoms. The molecule has 2 atom stereocenters. The number of esters is 2. The van der Waals surface area contributed by atoms with E-state index >= 15 is 0 Å². The van der Waals surface area contributed by atoms with Crippen molar-refractivity contribution in [2.75, 3.05) is 26.7 Å². The zero-order chi connectivity index (χ0) is 19.9. The third-order valence-electron chi connectivity index (χ3n) is 5.78. The van der Waals surface area contributed by atoms with E-state index in [1.54, 1.807) is 0 Å². The highest BCUT2D eigenvalue weighted by atomic mass is 16.5. The number of hydrogen-bond acceptors (Lipinski definition) is 6. The molecule has 2 unspecified atom stereocenters. The SMILES string of the molecule is CCCC(C(=O)OC)C(=O)OCc1ccc(CN2CCCN3CCCC32)cc1. The summed E-state index contributed by atoms with van der Waals surface area (Å²) in [5.41, 5.74) is 2.21. The van der Waals surface area contributed by atoms with Crippen LogP contribution in [-0.2, 0) is 32.2 Å². The van der Waals surface area contributed by atoms with Gasteiger partial charge in [-0.2, -0.15) is 0 Å². The van der Waals surface area contributed by atoms with Gasteiger partial charge in [0.2, 0.25) is 0 Å². The van der Waals surface area contributed by atoms with Crippen LogP contribution in [0, 0.1) is 5.92 Å². The third-order valence-corrected chi connectivity index (χ3v) is 5.78. The lowest BCUT2D eigenvalue weighted by molar-refractivity contribution is -0.161. The summed E-state index contributed by atoms with van der Waals surface area (Å²) >= 11 is 0. The molecule has 0 bridgehead atoms. The van der Waals surface area contributed by atoms with Gasteiger partial charge in [-0.3, -0.25) is 19.4 Å². The third kappa shape index (κ3) is 5.11. The maximum absolute atomic E-state index is 12.2. The number of carbonyl (C=O) groups is 2. The molecule has 0 N–H and O–H groups in total. The van der Waals surface area contributed by atoms with Gasteiger partial charge in [0.1, 0.15) is 6.61 Å². The van der Waals surface area contributed by atoms with Crippen molar-refractivity contribution >= 4 is 11.9 Å². The molecule has 2 heterocycles. The molecule has 2 aliphatic heterocycles. The predicted molar refractivity (Wildman–Crippen MR) is 106 cm³/mol. The molecule has 28 heavy (non-hydrogen) atoms. The van der Waals surface area contributed by atoms with Crippen molar-refractivity contribution in [1.29, 1.82) is 0 Å². The first-order valence-electron chi connectivity index (χ1n) is 10.4. The van der Waals surface area contributed by atoms with Crippen molar-refractivity contribution in [2.24, 2.45) is 5.92 Å². The predicted octanol–water partition coefficient (Wildman–Crippen LogP) is 2.95. The molecule has 154 valence electrons. The number of nitrogens with zero attached hydrogens (tertiary/aromatic N) is 2. The molecule has 0 spiro atoms. The van der Waals surface area contributed by atoms with Gasteiger partial charge >= 0.3 is 11.9 Å². The molecule has 2 fully saturated rings. The van der Waals surface area contributed by atoms with Crippen LogP contribution in [0.3, 0.4) is 0 Å². The van der Waals surface area contributed by atoms with E-state index < -0.39 is 17.9 Å². The van der Waals surface area contributed by atoms with Gasteiger partial charge in [-0.15, -0.1) is 0 Å². The smallest absolute Gasteiger partial charge is 0.320 e. The largest absolute Gasteiger partial charge is 0.468 e. The zero-order valence-corrected chi connectivity index (χ0v) is 17.1. The number of carbonyl (C=O) groups excluding carboxylic acids is 2. The second-order valence-electron chi connectivity index (χ2n) is 7.77. The Bertz CT molecular complexity index is 661. The van der Waals surface area contributed by atoms with Gasteiger partial charge in [-0.1, -0.05) is 37.6 Å². The Morgan fingerprint density at radius 3 is 2.50 bits per heavy atom. The number of benzene rings is 1. The monoisotopic (exact) mass is 388 g/mol. The molecule has 0 aromatic heterocycles.